The molecular formula is C12H12BrNOS. The van der Waals surface area contributed by atoms with Crippen LogP contribution in [0.5, 0.6) is 0 Å². The summed E-state index contributed by atoms with van der Waals surface area (Å²) in [5, 5.41) is 10.4. The molecule has 1 heterocycles. The number of hydrogen-bond acceptors (Lipinski definition) is 3. The molecule has 3 rings (SSSR count). The highest BCUT2D eigenvalue weighted by Crippen LogP contribution is 2.52. The van der Waals surface area contributed by atoms with Crippen molar-refractivity contribution in [2.75, 3.05) is 6.61 Å². The molecule has 0 radical (unpaired) electrons. The van der Waals surface area contributed by atoms with Crippen molar-refractivity contribution >= 4 is 37.4 Å². The Kier molecular flexibility index (Phi) is 2.37. The molecule has 16 heavy (non-hydrogen) atoms. The Balaban J connectivity index is 2.06. The first kappa shape index (κ1) is 10.7. The van der Waals surface area contributed by atoms with Crippen molar-refractivity contribution in [2.24, 2.45) is 11.7 Å². The summed E-state index contributed by atoms with van der Waals surface area (Å²) in [7, 11) is 0. The van der Waals surface area contributed by atoms with Crippen LogP contribution in [0, 0.1) is 5.92 Å². The van der Waals surface area contributed by atoms with E-state index in [2.05, 4.69) is 34.1 Å². The van der Waals surface area contributed by atoms with Gasteiger partial charge in [-0.25, -0.2) is 0 Å². The first-order valence-corrected chi connectivity index (χ1v) is 6.84. The number of rotatable bonds is 2. The number of halogens is 1. The Hall–Kier alpha value is -0.420. The van der Waals surface area contributed by atoms with Gasteiger partial charge in [0.25, 0.3) is 0 Å². The Bertz CT molecular complexity index is 553. The molecule has 4 heteroatoms. The van der Waals surface area contributed by atoms with Gasteiger partial charge in [0.2, 0.25) is 0 Å². The minimum absolute atomic E-state index is 0.189. The molecule has 1 saturated carbocycles. The summed E-state index contributed by atoms with van der Waals surface area (Å²) in [5.41, 5.74) is 5.99. The third-order valence-corrected chi connectivity index (χ3v) is 5.11. The summed E-state index contributed by atoms with van der Waals surface area (Å²) < 4.78 is 2.34. The maximum atomic E-state index is 9.14. The van der Waals surface area contributed by atoms with Gasteiger partial charge in [-0.05, 0) is 36.1 Å². The minimum Gasteiger partial charge on any atom is -0.396 e. The molecule has 84 valence electrons. The normalized spacial score (nSPS) is 28.6. The van der Waals surface area contributed by atoms with Crippen LogP contribution in [-0.4, -0.2) is 11.7 Å². The largest absolute Gasteiger partial charge is 0.396 e. The number of aliphatic hydroxyl groups is 1. The predicted octanol–water partition coefficient (Wildman–Crippen LogP) is 2.83. The second kappa shape index (κ2) is 3.53. The molecule has 2 nitrogen and oxygen atoms in total. The van der Waals surface area contributed by atoms with Gasteiger partial charge in [0.15, 0.2) is 0 Å². The first-order chi connectivity index (χ1) is 7.63. The van der Waals surface area contributed by atoms with Crippen molar-refractivity contribution in [2.45, 2.75) is 12.0 Å². The lowest BCUT2D eigenvalue weighted by Crippen LogP contribution is -2.21. The number of benzene rings is 1. The van der Waals surface area contributed by atoms with E-state index in [4.69, 9.17) is 10.8 Å². The molecule has 1 aromatic carbocycles. The Morgan fingerprint density at radius 3 is 3.00 bits per heavy atom. The lowest BCUT2D eigenvalue weighted by atomic mass is 10.1. The smallest absolute Gasteiger partial charge is 0.0559 e. The topological polar surface area (TPSA) is 46.2 Å². The molecule has 1 fully saturated rings. The number of hydrogen-bond donors (Lipinski definition) is 2. The highest BCUT2D eigenvalue weighted by molar-refractivity contribution is 9.10. The van der Waals surface area contributed by atoms with E-state index < -0.39 is 0 Å². The Labute approximate surface area is 106 Å². The standard InChI is InChI=1S/C12H12BrNOS/c13-9-1-2-10-7(3-9)4-11(16-10)12(14)5-8(12)6-15/h1-4,8,15H,5-6,14H2. The molecule has 2 aromatic rings. The van der Waals surface area contributed by atoms with Gasteiger partial charge in [-0.1, -0.05) is 15.9 Å². The van der Waals surface area contributed by atoms with Gasteiger partial charge in [0, 0.05) is 26.6 Å². The first-order valence-electron chi connectivity index (χ1n) is 5.23. The molecule has 0 amide bonds. The average molecular weight is 298 g/mol. The van der Waals surface area contributed by atoms with Crippen LogP contribution in [0.4, 0.5) is 0 Å². The van der Waals surface area contributed by atoms with E-state index >= 15 is 0 Å². The molecule has 2 unspecified atom stereocenters. The fraction of sp³-hybridized carbons (Fsp3) is 0.333. The van der Waals surface area contributed by atoms with Gasteiger partial charge in [-0.3, -0.25) is 0 Å². The molecule has 1 aliphatic carbocycles. The van der Waals surface area contributed by atoms with Crippen molar-refractivity contribution < 1.29 is 5.11 Å². The third-order valence-electron chi connectivity index (χ3n) is 3.31. The molecule has 3 N–H and O–H groups in total. The van der Waals surface area contributed by atoms with E-state index in [-0.39, 0.29) is 18.1 Å². The van der Waals surface area contributed by atoms with Gasteiger partial charge in [-0.15, -0.1) is 11.3 Å². The molecular weight excluding hydrogens is 286 g/mol. The van der Waals surface area contributed by atoms with Crippen molar-refractivity contribution in [1.82, 2.24) is 0 Å². The lowest BCUT2D eigenvalue weighted by Gasteiger charge is -2.06. The predicted molar refractivity (Wildman–Crippen MR) is 70.6 cm³/mol. The minimum atomic E-state index is -0.273. The maximum Gasteiger partial charge on any atom is 0.0559 e. The van der Waals surface area contributed by atoms with E-state index in [0.717, 1.165) is 10.9 Å². The molecule has 0 aliphatic heterocycles. The summed E-state index contributed by atoms with van der Waals surface area (Å²) in [4.78, 5) is 1.19. The van der Waals surface area contributed by atoms with Crippen LogP contribution in [0.1, 0.15) is 11.3 Å². The number of aliphatic hydroxyl groups excluding tert-OH is 1. The zero-order valence-corrected chi connectivity index (χ0v) is 11.0. The number of nitrogens with two attached hydrogens (primary N) is 1. The van der Waals surface area contributed by atoms with Crippen LogP contribution in [-0.2, 0) is 5.54 Å². The van der Waals surface area contributed by atoms with Crippen LogP contribution in [0.25, 0.3) is 10.1 Å². The van der Waals surface area contributed by atoms with Crippen molar-refractivity contribution in [3.8, 4) is 0 Å². The van der Waals surface area contributed by atoms with E-state index in [0.29, 0.717) is 0 Å². The van der Waals surface area contributed by atoms with E-state index in [9.17, 15) is 0 Å². The van der Waals surface area contributed by atoms with Crippen molar-refractivity contribution in [3.63, 3.8) is 0 Å². The highest BCUT2D eigenvalue weighted by atomic mass is 79.9. The SMILES string of the molecule is NC1(c2cc3cc(Br)ccc3s2)CC1CO. The van der Waals surface area contributed by atoms with Crippen LogP contribution >= 0.6 is 27.3 Å². The van der Waals surface area contributed by atoms with E-state index in [1.54, 1.807) is 11.3 Å². The monoisotopic (exact) mass is 297 g/mol. The van der Waals surface area contributed by atoms with Gasteiger partial charge in [-0.2, -0.15) is 0 Å². The summed E-state index contributed by atoms with van der Waals surface area (Å²) >= 11 is 5.20. The van der Waals surface area contributed by atoms with Gasteiger partial charge < -0.3 is 10.8 Å². The number of thiophene rings is 1. The Morgan fingerprint density at radius 1 is 1.50 bits per heavy atom. The van der Waals surface area contributed by atoms with Gasteiger partial charge >= 0.3 is 0 Å². The zero-order chi connectivity index (χ0) is 11.3. The highest BCUT2D eigenvalue weighted by Gasteiger charge is 2.52. The average Bonchev–Trinajstić information content (AvgIpc) is 2.76. The quantitative estimate of drug-likeness (QED) is 0.895. The summed E-state index contributed by atoms with van der Waals surface area (Å²) in [5.74, 6) is 0.240. The second-order valence-corrected chi connectivity index (χ2v) is 6.42. The summed E-state index contributed by atoms with van der Waals surface area (Å²) in [6.45, 7) is 0.189. The molecule has 1 aliphatic rings. The fourth-order valence-corrected chi connectivity index (χ4v) is 3.74. The van der Waals surface area contributed by atoms with Crippen molar-refractivity contribution in [1.29, 1.82) is 0 Å². The molecule has 1 aromatic heterocycles. The zero-order valence-electron chi connectivity index (χ0n) is 8.61. The molecule has 0 spiro atoms. The second-order valence-electron chi connectivity index (χ2n) is 4.42. The van der Waals surface area contributed by atoms with Crippen LogP contribution in [0.2, 0.25) is 0 Å². The molecule has 2 atom stereocenters. The van der Waals surface area contributed by atoms with Gasteiger partial charge in [0.05, 0.1) is 5.54 Å². The number of fused-ring (bicyclic) bond motifs is 1. The van der Waals surface area contributed by atoms with Crippen LogP contribution < -0.4 is 5.73 Å². The van der Waals surface area contributed by atoms with Crippen LogP contribution in [0.3, 0.4) is 0 Å². The van der Waals surface area contributed by atoms with Crippen molar-refractivity contribution in [3.05, 3.63) is 33.6 Å². The van der Waals surface area contributed by atoms with Gasteiger partial charge in [0.1, 0.15) is 0 Å². The summed E-state index contributed by atoms with van der Waals surface area (Å²) in [6, 6.07) is 8.41. The molecule has 0 saturated heterocycles. The van der Waals surface area contributed by atoms with Crippen LogP contribution in [0.15, 0.2) is 28.7 Å². The fourth-order valence-electron chi connectivity index (χ4n) is 2.12. The van der Waals surface area contributed by atoms with E-state index in [1.165, 1.54) is 15.0 Å². The third kappa shape index (κ3) is 1.52. The lowest BCUT2D eigenvalue weighted by molar-refractivity contribution is 0.264. The maximum absolute atomic E-state index is 9.14. The summed E-state index contributed by atoms with van der Waals surface area (Å²) in [6.07, 6.45) is 0.900. The Morgan fingerprint density at radius 2 is 2.31 bits per heavy atom. The van der Waals surface area contributed by atoms with E-state index in [1.807, 2.05) is 6.07 Å². The molecule has 0 bridgehead atoms.